The summed E-state index contributed by atoms with van der Waals surface area (Å²) < 4.78 is 0. The zero-order chi connectivity index (χ0) is 16.4. The van der Waals surface area contributed by atoms with E-state index < -0.39 is 25.8 Å². The molecule has 1 aromatic carbocycles. The van der Waals surface area contributed by atoms with Gasteiger partial charge in [-0.3, -0.25) is 15.1 Å². The van der Waals surface area contributed by atoms with Crippen LogP contribution in [0.3, 0.4) is 0 Å². The van der Waals surface area contributed by atoms with Crippen LogP contribution in [0.4, 0.5) is 5.69 Å². The number of phenols is 1. The fourth-order valence-electron chi connectivity index (χ4n) is 1.68. The second-order valence-corrected chi connectivity index (χ2v) is 8.01. The average molecular weight is 412 g/mol. The summed E-state index contributed by atoms with van der Waals surface area (Å²) in [4.78, 5) is 14.6. The van der Waals surface area contributed by atoms with E-state index >= 15 is 0 Å². The van der Waals surface area contributed by atoms with Crippen LogP contribution in [0.5, 0.6) is 5.75 Å². The Kier molecular flexibility index (Phi) is 10.9. The van der Waals surface area contributed by atoms with Crippen LogP contribution in [0, 0.1) is 17.0 Å². The SMILES string of the molecule is CCC(CC)N=Cc1cc([N+](=O)[O-])cc(C)c1O.[Cl][Zr][Cl]. The van der Waals surface area contributed by atoms with Crippen molar-refractivity contribution in [2.24, 2.45) is 4.99 Å². The number of aromatic hydroxyl groups is 1. The summed E-state index contributed by atoms with van der Waals surface area (Å²) in [6, 6.07) is 2.88. The zero-order valence-electron chi connectivity index (χ0n) is 12.1. The Bertz CT molecular complexity index is 495. The predicted octanol–water partition coefficient (Wildman–Crippen LogP) is 4.59. The Labute approximate surface area is 143 Å². The summed E-state index contributed by atoms with van der Waals surface area (Å²) in [6.07, 6.45) is 3.33. The number of nitrogens with zero attached hydrogens (tertiary/aromatic N) is 2. The second-order valence-electron chi connectivity index (χ2n) is 4.28. The number of phenolic OH excluding ortho intramolecular Hbond substituents is 1. The first-order valence-electron chi connectivity index (χ1n) is 6.38. The Morgan fingerprint density at radius 2 is 1.95 bits per heavy atom. The van der Waals surface area contributed by atoms with Crippen molar-refractivity contribution in [2.75, 3.05) is 0 Å². The van der Waals surface area contributed by atoms with E-state index in [1.165, 1.54) is 18.3 Å². The van der Waals surface area contributed by atoms with Gasteiger partial charge in [-0.1, -0.05) is 13.8 Å². The molecule has 0 bridgehead atoms. The second kappa shape index (κ2) is 11.2. The zero-order valence-corrected chi connectivity index (χ0v) is 16.1. The topological polar surface area (TPSA) is 75.7 Å². The molecular weight excluding hydrogens is 394 g/mol. The molecule has 5 nitrogen and oxygen atoms in total. The Balaban J connectivity index is 0.00000122. The monoisotopic (exact) mass is 410 g/mol. The molecule has 0 aliphatic heterocycles. The fraction of sp³-hybridized carbons (Fsp3) is 0.462. The van der Waals surface area contributed by atoms with E-state index in [-0.39, 0.29) is 17.5 Å². The number of benzene rings is 1. The van der Waals surface area contributed by atoms with Gasteiger partial charge in [0, 0.05) is 30.0 Å². The van der Waals surface area contributed by atoms with E-state index in [2.05, 4.69) is 4.99 Å². The van der Waals surface area contributed by atoms with Crippen molar-refractivity contribution in [3.05, 3.63) is 33.4 Å². The van der Waals surface area contributed by atoms with Gasteiger partial charge in [0.25, 0.3) is 5.69 Å². The molecule has 0 fully saturated rings. The average Bonchev–Trinajstić information content (AvgIpc) is 2.44. The first-order valence-corrected chi connectivity index (χ1v) is 12.7. The molecule has 0 saturated heterocycles. The van der Waals surface area contributed by atoms with Crippen molar-refractivity contribution < 1.29 is 30.9 Å². The van der Waals surface area contributed by atoms with Gasteiger partial charge in [0.05, 0.1) is 4.92 Å². The van der Waals surface area contributed by atoms with Crippen LogP contribution in [0.15, 0.2) is 17.1 Å². The summed E-state index contributed by atoms with van der Waals surface area (Å²) in [6.45, 7) is 5.70. The molecule has 0 aliphatic rings. The van der Waals surface area contributed by atoms with Crippen molar-refractivity contribution in [1.82, 2.24) is 0 Å². The molecule has 0 saturated carbocycles. The molecule has 0 atom stereocenters. The summed E-state index contributed by atoms with van der Waals surface area (Å²) in [5, 5.41) is 20.6. The number of aliphatic imine (C=N–C) groups is 1. The van der Waals surface area contributed by atoms with Crippen LogP contribution in [0.1, 0.15) is 37.8 Å². The molecule has 1 aromatic rings. The number of aryl methyl sites for hydroxylation is 1. The molecule has 1 rings (SSSR count). The number of hydrogen-bond acceptors (Lipinski definition) is 4. The van der Waals surface area contributed by atoms with Gasteiger partial charge in [0.15, 0.2) is 0 Å². The first-order chi connectivity index (χ1) is 9.90. The van der Waals surface area contributed by atoms with E-state index in [1.54, 1.807) is 6.92 Å². The first kappa shape index (κ1) is 20.6. The molecule has 21 heavy (non-hydrogen) atoms. The minimum atomic E-state index is -0.826. The van der Waals surface area contributed by atoms with Gasteiger partial charge in [0.1, 0.15) is 5.75 Å². The van der Waals surface area contributed by atoms with E-state index in [9.17, 15) is 15.2 Å². The van der Waals surface area contributed by atoms with Crippen LogP contribution < -0.4 is 0 Å². The van der Waals surface area contributed by atoms with Gasteiger partial charge in [-0.25, -0.2) is 0 Å². The van der Waals surface area contributed by atoms with Crippen molar-refractivity contribution in [2.45, 2.75) is 39.7 Å². The van der Waals surface area contributed by atoms with Gasteiger partial charge in [-0.2, -0.15) is 0 Å². The predicted molar refractivity (Wildman–Crippen MR) is 83.2 cm³/mol. The number of hydrogen-bond donors (Lipinski definition) is 1. The number of non-ortho nitro benzene ring substituents is 1. The third-order valence-electron chi connectivity index (χ3n) is 2.89. The molecule has 0 unspecified atom stereocenters. The molecule has 116 valence electrons. The third kappa shape index (κ3) is 7.39. The third-order valence-corrected chi connectivity index (χ3v) is 2.89. The van der Waals surface area contributed by atoms with Crippen LogP contribution in [0.2, 0.25) is 0 Å². The number of nitro benzene ring substituents is 1. The summed E-state index contributed by atoms with van der Waals surface area (Å²) in [5.74, 6) is 0.0512. The number of halogens is 2. The standard InChI is InChI=1S/C13H18N2O3.2ClH.Zr/c1-4-11(5-2)14-8-10-7-12(15(17)18)6-9(3)13(10)16;;;/h6-8,11,16H,4-5H2,1-3H3;2*1H;/q;;;+2/p-2. The van der Waals surface area contributed by atoms with Crippen molar-refractivity contribution in [3.8, 4) is 5.75 Å². The molecule has 0 spiro atoms. The Hall–Kier alpha value is -0.447. The fourth-order valence-corrected chi connectivity index (χ4v) is 1.68. The van der Waals surface area contributed by atoms with Crippen LogP contribution in [-0.2, 0) is 20.8 Å². The maximum absolute atomic E-state index is 10.7. The van der Waals surface area contributed by atoms with Gasteiger partial charge in [-0.15, -0.1) is 0 Å². The quantitative estimate of drug-likeness (QED) is 0.437. The van der Waals surface area contributed by atoms with E-state index in [4.69, 9.17) is 17.0 Å². The van der Waals surface area contributed by atoms with Gasteiger partial charge in [0.2, 0.25) is 0 Å². The molecule has 1 N–H and O–H groups in total. The summed E-state index contributed by atoms with van der Waals surface area (Å²) in [5.41, 5.74) is 0.847. The van der Waals surface area contributed by atoms with Gasteiger partial charge in [-0.05, 0) is 25.3 Å². The van der Waals surface area contributed by atoms with Crippen molar-refractivity contribution in [1.29, 1.82) is 0 Å². The minimum absolute atomic E-state index is 0.0312. The van der Waals surface area contributed by atoms with Crippen LogP contribution >= 0.6 is 17.0 Å². The maximum atomic E-state index is 10.7. The molecule has 0 amide bonds. The molecule has 0 aromatic heterocycles. The molecule has 0 heterocycles. The van der Waals surface area contributed by atoms with E-state index in [1.807, 2.05) is 13.8 Å². The summed E-state index contributed by atoms with van der Waals surface area (Å²) >= 11 is -0.826. The van der Waals surface area contributed by atoms with Gasteiger partial charge >= 0.3 is 37.9 Å². The molecular formula is C13H18Cl2N2O3Zr. The molecule has 8 heteroatoms. The van der Waals surface area contributed by atoms with E-state index in [0.717, 1.165) is 12.8 Å². The van der Waals surface area contributed by atoms with E-state index in [0.29, 0.717) is 11.1 Å². The Morgan fingerprint density at radius 1 is 1.43 bits per heavy atom. The molecule has 0 radical (unpaired) electrons. The number of rotatable bonds is 5. The normalized spacial score (nSPS) is 10.4. The van der Waals surface area contributed by atoms with Crippen molar-refractivity contribution >= 4 is 28.9 Å². The van der Waals surface area contributed by atoms with Crippen LogP contribution in [0.25, 0.3) is 0 Å². The Morgan fingerprint density at radius 3 is 2.38 bits per heavy atom. The number of nitro groups is 1. The van der Waals surface area contributed by atoms with Crippen molar-refractivity contribution in [3.63, 3.8) is 0 Å². The van der Waals surface area contributed by atoms with Gasteiger partial charge < -0.3 is 5.11 Å². The van der Waals surface area contributed by atoms with Crippen LogP contribution in [-0.4, -0.2) is 22.3 Å². The molecule has 0 aliphatic carbocycles. The summed E-state index contributed by atoms with van der Waals surface area (Å²) in [7, 11) is 9.87.